The molecule has 0 aliphatic rings. The molecule has 0 aliphatic heterocycles. The Hall–Kier alpha value is -2.68. The summed E-state index contributed by atoms with van der Waals surface area (Å²) in [6.45, 7) is 5.94. The molecule has 0 aliphatic carbocycles. The lowest BCUT2D eigenvalue weighted by molar-refractivity contribution is 0.102. The minimum Gasteiger partial charge on any atom is -0.298 e. The van der Waals surface area contributed by atoms with E-state index >= 15 is 0 Å². The highest BCUT2D eigenvalue weighted by Gasteiger charge is 2.26. The van der Waals surface area contributed by atoms with Crippen LogP contribution in [-0.4, -0.2) is 25.7 Å². The van der Waals surface area contributed by atoms with Crippen LogP contribution < -0.4 is 5.32 Å². The van der Waals surface area contributed by atoms with Gasteiger partial charge in [-0.3, -0.25) is 10.1 Å². The molecule has 3 rings (SSSR count). The topological polar surface area (TPSA) is 72.7 Å². The zero-order valence-electron chi connectivity index (χ0n) is 13.7. The van der Waals surface area contributed by atoms with Crippen LogP contribution in [0.2, 0.25) is 0 Å². The van der Waals surface area contributed by atoms with E-state index in [0.717, 1.165) is 17.8 Å². The highest BCUT2D eigenvalue weighted by atomic mass is 32.1. The van der Waals surface area contributed by atoms with E-state index in [0.29, 0.717) is 16.2 Å². The number of rotatable bonds is 3. The fourth-order valence-electron chi connectivity index (χ4n) is 2.16. The molecule has 0 fully saturated rings. The first-order valence-corrected chi connectivity index (χ1v) is 8.20. The van der Waals surface area contributed by atoms with Gasteiger partial charge in [-0.1, -0.05) is 32.1 Å². The summed E-state index contributed by atoms with van der Waals surface area (Å²) in [5.41, 5.74) is 0.163. The lowest BCUT2D eigenvalue weighted by Gasteiger charge is -2.16. The van der Waals surface area contributed by atoms with Crippen molar-refractivity contribution in [2.24, 2.45) is 0 Å². The molecule has 130 valence electrons. The van der Waals surface area contributed by atoms with Gasteiger partial charge < -0.3 is 0 Å². The number of hydrogen-bond acceptors (Lipinski definition) is 5. The highest BCUT2D eigenvalue weighted by Crippen LogP contribution is 2.34. The first-order valence-electron chi connectivity index (χ1n) is 7.38. The van der Waals surface area contributed by atoms with E-state index < -0.39 is 17.5 Å². The van der Waals surface area contributed by atoms with Crippen LogP contribution in [0.1, 0.15) is 36.8 Å². The van der Waals surface area contributed by atoms with E-state index in [1.54, 1.807) is 4.68 Å². The summed E-state index contributed by atoms with van der Waals surface area (Å²) >= 11 is 1.20. The van der Waals surface area contributed by atoms with Crippen LogP contribution in [0.3, 0.4) is 0 Å². The number of anilines is 1. The van der Waals surface area contributed by atoms with Crippen molar-refractivity contribution in [1.82, 2.24) is 19.7 Å². The Bertz CT molecular complexity index is 915. The number of hydrogen-bond donors (Lipinski definition) is 1. The van der Waals surface area contributed by atoms with Crippen molar-refractivity contribution in [1.29, 1.82) is 0 Å². The van der Waals surface area contributed by atoms with Crippen LogP contribution in [0.25, 0.3) is 5.00 Å². The summed E-state index contributed by atoms with van der Waals surface area (Å²) < 4.78 is 28.3. The number of amides is 1. The predicted octanol–water partition coefficient (Wildman–Crippen LogP) is 3.55. The number of halogens is 2. The Balaban J connectivity index is 1.94. The van der Waals surface area contributed by atoms with Crippen molar-refractivity contribution in [3.05, 3.63) is 53.7 Å². The van der Waals surface area contributed by atoms with Gasteiger partial charge in [-0.25, -0.2) is 23.4 Å². The summed E-state index contributed by atoms with van der Waals surface area (Å²) in [6.07, 6.45) is 2.94. The molecule has 1 aromatic carbocycles. The van der Waals surface area contributed by atoms with Crippen molar-refractivity contribution < 1.29 is 13.6 Å². The molecule has 0 radical (unpaired) electrons. The van der Waals surface area contributed by atoms with E-state index in [-0.39, 0.29) is 11.0 Å². The van der Waals surface area contributed by atoms with Crippen LogP contribution in [-0.2, 0) is 5.41 Å². The molecule has 3 aromatic rings. The average Bonchev–Trinajstić information content (AvgIpc) is 3.14. The number of aromatic nitrogens is 4. The number of thiazole rings is 1. The van der Waals surface area contributed by atoms with Gasteiger partial charge in [0.05, 0.1) is 11.3 Å². The van der Waals surface area contributed by atoms with E-state index in [4.69, 9.17) is 0 Å². The molecule has 0 saturated heterocycles. The second kappa shape index (κ2) is 6.32. The Morgan fingerprint density at radius 1 is 1.28 bits per heavy atom. The normalized spacial score (nSPS) is 11.6. The Morgan fingerprint density at radius 3 is 2.64 bits per heavy atom. The Kier molecular flexibility index (Phi) is 4.34. The number of nitrogens with one attached hydrogen (secondary N) is 1. The fraction of sp³-hybridized carbons (Fsp3) is 0.250. The molecule has 0 spiro atoms. The second-order valence-electron chi connectivity index (χ2n) is 6.34. The molecule has 0 bridgehead atoms. The summed E-state index contributed by atoms with van der Waals surface area (Å²) in [6, 6.07) is 2.79. The second-order valence-corrected chi connectivity index (χ2v) is 7.32. The van der Waals surface area contributed by atoms with Crippen LogP contribution in [0.4, 0.5) is 13.9 Å². The van der Waals surface area contributed by atoms with Gasteiger partial charge in [-0.2, -0.15) is 5.10 Å². The first-order chi connectivity index (χ1) is 11.8. The molecule has 2 heterocycles. The van der Waals surface area contributed by atoms with E-state index in [1.165, 1.54) is 24.0 Å². The van der Waals surface area contributed by atoms with E-state index in [9.17, 15) is 13.6 Å². The summed E-state index contributed by atoms with van der Waals surface area (Å²) in [7, 11) is 0. The van der Waals surface area contributed by atoms with Crippen LogP contribution in [0.5, 0.6) is 0 Å². The molecule has 0 unspecified atom stereocenters. The standard InChI is InChI=1S/C16H15F2N5OS/c1-16(2,3)12-14(23-8-19-7-20-23)25-15(21-12)22-13(24)10-5-4-9(17)6-11(10)18/h4-8H,1-3H3,(H,21,22,24). The van der Waals surface area contributed by atoms with Gasteiger partial charge >= 0.3 is 0 Å². The first kappa shape index (κ1) is 17.2. The summed E-state index contributed by atoms with van der Waals surface area (Å²) in [5.74, 6) is -2.37. The van der Waals surface area contributed by atoms with Crippen LogP contribution >= 0.6 is 11.3 Å². The molecule has 9 heteroatoms. The lowest BCUT2D eigenvalue weighted by Crippen LogP contribution is -2.16. The SMILES string of the molecule is CC(C)(C)c1nc(NC(=O)c2ccc(F)cc2F)sc1-n1cncn1. The number of nitrogens with zero attached hydrogens (tertiary/aromatic N) is 4. The Labute approximate surface area is 146 Å². The summed E-state index contributed by atoms with van der Waals surface area (Å²) in [4.78, 5) is 20.6. The smallest absolute Gasteiger partial charge is 0.260 e. The molecule has 0 saturated carbocycles. The quantitative estimate of drug-likeness (QED) is 0.772. The molecule has 1 amide bonds. The van der Waals surface area contributed by atoms with Gasteiger partial charge in [0, 0.05) is 11.5 Å². The van der Waals surface area contributed by atoms with Crippen LogP contribution in [0, 0.1) is 11.6 Å². The maximum absolute atomic E-state index is 13.8. The third-order valence-corrected chi connectivity index (χ3v) is 4.30. The molecule has 1 N–H and O–H groups in total. The average molecular weight is 363 g/mol. The molecule has 6 nitrogen and oxygen atoms in total. The van der Waals surface area contributed by atoms with Gasteiger partial charge in [0.1, 0.15) is 29.3 Å². The molecular weight excluding hydrogens is 348 g/mol. The maximum Gasteiger partial charge on any atom is 0.260 e. The number of carbonyl (C=O) groups is 1. The van der Waals surface area contributed by atoms with Gasteiger partial charge in [-0.05, 0) is 12.1 Å². The number of carbonyl (C=O) groups excluding carboxylic acids is 1. The summed E-state index contributed by atoms with van der Waals surface area (Å²) in [5, 5.41) is 7.66. The van der Waals surface area contributed by atoms with Crippen molar-refractivity contribution in [3.63, 3.8) is 0 Å². The minimum absolute atomic E-state index is 0.254. The molecule has 0 atom stereocenters. The molecule has 25 heavy (non-hydrogen) atoms. The Morgan fingerprint density at radius 2 is 2.04 bits per heavy atom. The monoisotopic (exact) mass is 363 g/mol. The van der Waals surface area contributed by atoms with Crippen molar-refractivity contribution in [2.75, 3.05) is 5.32 Å². The lowest BCUT2D eigenvalue weighted by atomic mass is 9.92. The minimum atomic E-state index is -0.929. The van der Waals surface area contributed by atoms with Crippen molar-refractivity contribution >= 4 is 22.4 Å². The zero-order valence-corrected chi connectivity index (χ0v) is 14.6. The largest absolute Gasteiger partial charge is 0.298 e. The predicted molar refractivity (Wildman–Crippen MR) is 90.0 cm³/mol. The number of benzene rings is 1. The van der Waals surface area contributed by atoms with Crippen LogP contribution in [0.15, 0.2) is 30.9 Å². The highest BCUT2D eigenvalue weighted by molar-refractivity contribution is 7.18. The van der Waals surface area contributed by atoms with Gasteiger partial charge in [0.25, 0.3) is 5.91 Å². The van der Waals surface area contributed by atoms with Crippen molar-refractivity contribution in [3.8, 4) is 5.00 Å². The van der Waals surface area contributed by atoms with E-state index in [1.807, 2.05) is 20.8 Å². The van der Waals surface area contributed by atoms with Gasteiger partial charge in [-0.15, -0.1) is 0 Å². The van der Waals surface area contributed by atoms with Gasteiger partial charge in [0.15, 0.2) is 5.13 Å². The zero-order chi connectivity index (χ0) is 18.2. The maximum atomic E-state index is 13.8. The fourth-order valence-corrected chi connectivity index (χ4v) is 3.26. The third kappa shape index (κ3) is 3.55. The van der Waals surface area contributed by atoms with E-state index in [2.05, 4.69) is 20.4 Å². The third-order valence-electron chi connectivity index (χ3n) is 3.34. The molecule has 2 aromatic heterocycles. The van der Waals surface area contributed by atoms with Gasteiger partial charge in [0.2, 0.25) is 0 Å². The molecular formula is C16H15F2N5OS. The van der Waals surface area contributed by atoms with Crippen molar-refractivity contribution in [2.45, 2.75) is 26.2 Å².